The molecule has 0 radical (unpaired) electrons. The second-order valence-electron chi connectivity index (χ2n) is 5.32. The molecule has 0 saturated carbocycles. The first kappa shape index (κ1) is 17.2. The average Bonchev–Trinajstić information content (AvgIpc) is 3.09. The van der Waals surface area contributed by atoms with Crippen molar-refractivity contribution in [1.29, 1.82) is 0 Å². The molecule has 0 saturated heterocycles. The molecule has 7 nitrogen and oxygen atoms in total. The van der Waals surface area contributed by atoms with E-state index in [9.17, 15) is 16.8 Å². The molecule has 0 unspecified atom stereocenters. The molecular weight excluding hydrogens is 362 g/mol. The Morgan fingerprint density at radius 3 is 2.12 bits per heavy atom. The number of nitrogens with one attached hydrogen (secondary N) is 1. The number of rotatable bonds is 5. The molecule has 1 N–H and O–H groups in total. The molecular formula is C16H15N3O4S2. The van der Waals surface area contributed by atoms with Crippen molar-refractivity contribution in [3.8, 4) is 5.69 Å². The standard InChI is InChI=1S/C16H15N3O4S2/c1-24(20,21)13-7-9-14(10-8-13)25(22,23)18-15-5-2-3-6-16(15)19-12-4-11-17-19/h2-12,18H,1H3. The van der Waals surface area contributed by atoms with Gasteiger partial charge in [-0.25, -0.2) is 21.5 Å². The number of aromatic nitrogens is 2. The van der Waals surface area contributed by atoms with E-state index >= 15 is 0 Å². The molecule has 0 spiro atoms. The van der Waals surface area contributed by atoms with Gasteiger partial charge in [-0.05, 0) is 42.5 Å². The molecule has 25 heavy (non-hydrogen) atoms. The number of sulfone groups is 1. The third-order valence-electron chi connectivity index (χ3n) is 3.46. The Hall–Kier alpha value is -2.65. The number of hydrogen-bond acceptors (Lipinski definition) is 5. The van der Waals surface area contributed by atoms with Crippen LogP contribution >= 0.6 is 0 Å². The minimum absolute atomic E-state index is 0.0323. The van der Waals surface area contributed by atoms with Crippen LogP contribution in [-0.4, -0.2) is 32.9 Å². The summed E-state index contributed by atoms with van der Waals surface area (Å²) in [5, 5.41) is 4.10. The van der Waals surface area contributed by atoms with E-state index in [1.54, 1.807) is 47.4 Å². The van der Waals surface area contributed by atoms with E-state index in [1.165, 1.54) is 24.3 Å². The smallest absolute Gasteiger partial charge is 0.261 e. The van der Waals surface area contributed by atoms with Gasteiger partial charge in [0, 0.05) is 18.6 Å². The van der Waals surface area contributed by atoms with E-state index in [0.29, 0.717) is 11.4 Å². The van der Waals surface area contributed by atoms with Gasteiger partial charge in [0.1, 0.15) is 0 Å². The normalized spacial score (nSPS) is 12.0. The summed E-state index contributed by atoms with van der Waals surface area (Å²) < 4.78 is 52.2. The number of para-hydroxylation sites is 2. The van der Waals surface area contributed by atoms with Crippen LogP contribution in [0.2, 0.25) is 0 Å². The maximum absolute atomic E-state index is 12.6. The fraction of sp³-hybridized carbons (Fsp3) is 0.0625. The fourth-order valence-corrected chi connectivity index (χ4v) is 3.95. The summed E-state index contributed by atoms with van der Waals surface area (Å²) in [6.45, 7) is 0. The van der Waals surface area contributed by atoms with Gasteiger partial charge in [-0.15, -0.1) is 0 Å². The van der Waals surface area contributed by atoms with Crippen molar-refractivity contribution in [3.05, 3.63) is 67.0 Å². The summed E-state index contributed by atoms with van der Waals surface area (Å²) >= 11 is 0. The molecule has 130 valence electrons. The number of hydrogen-bond donors (Lipinski definition) is 1. The SMILES string of the molecule is CS(=O)(=O)c1ccc(S(=O)(=O)Nc2ccccc2-n2cccn2)cc1. The molecule has 0 atom stereocenters. The van der Waals surface area contributed by atoms with Gasteiger partial charge in [0.05, 0.1) is 21.2 Å². The number of anilines is 1. The van der Waals surface area contributed by atoms with Crippen molar-refractivity contribution in [3.63, 3.8) is 0 Å². The van der Waals surface area contributed by atoms with E-state index in [1.807, 2.05) is 0 Å². The Bertz CT molecular complexity index is 1090. The zero-order valence-electron chi connectivity index (χ0n) is 13.2. The van der Waals surface area contributed by atoms with E-state index in [4.69, 9.17) is 0 Å². The van der Waals surface area contributed by atoms with Crippen molar-refractivity contribution in [1.82, 2.24) is 9.78 Å². The van der Waals surface area contributed by atoms with Gasteiger partial charge in [-0.1, -0.05) is 12.1 Å². The minimum Gasteiger partial charge on any atom is -0.277 e. The first-order valence-corrected chi connectivity index (χ1v) is 10.6. The Labute approximate surface area is 145 Å². The highest BCUT2D eigenvalue weighted by molar-refractivity contribution is 7.92. The highest BCUT2D eigenvalue weighted by Crippen LogP contribution is 2.23. The lowest BCUT2D eigenvalue weighted by molar-refractivity contribution is 0.597. The zero-order chi connectivity index (χ0) is 18.1. The van der Waals surface area contributed by atoms with Crippen LogP contribution in [0.3, 0.4) is 0 Å². The predicted molar refractivity (Wildman–Crippen MR) is 93.9 cm³/mol. The van der Waals surface area contributed by atoms with Gasteiger partial charge >= 0.3 is 0 Å². The van der Waals surface area contributed by atoms with Gasteiger partial charge < -0.3 is 0 Å². The summed E-state index contributed by atoms with van der Waals surface area (Å²) in [4.78, 5) is 0.0264. The van der Waals surface area contributed by atoms with Crippen molar-refractivity contribution in [2.75, 3.05) is 11.0 Å². The molecule has 0 bridgehead atoms. The third-order valence-corrected chi connectivity index (χ3v) is 5.97. The minimum atomic E-state index is -3.88. The molecule has 3 aromatic rings. The molecule has 0 fully saturated rings. The van der Waals surface area contributed by atoms with Crippen LogP contribution in [0, 0.1) is 0 Å². The van der Waals surface area contributed by atoms with Crippen LogP contribution in [0.1, 0.15) is 0 Å². The molecule has 1 heterocycles. The summed E-state index contributed by atoms with van der Waals surface area (Å²) in [6, 6.07) is 13.6. The van der Waals surface area contributed by atoms with Crippen molar-refractivity contribution >= 4 is 25.5 Å². The highest BCUT2D eigenvalue weighted by atomic mass is 32.2. The van der Waals surface area contributed by atoms with Crippen molar-refractivity contribution < 1.29 is 16.8 Å². The topological polar surface area (TPSA) is 98.1 Å². The van der Waals surface area contributed by atoms with Crippen LogP contribution < -0.4 is 4.72 Å². The van der Waals surface area contributed by atoms with E-state index in [2.05, 4.69) is 9.82 Å². The van der Waals surface area contributed by atoms with Gasteiger partial charge in [0.25, 0.3) is 10.0 Å². The molecule has 1 aromatic heterocycles. The lowest BCUT2D eigenvalue weighted by Crippen LogP contribution is -2.15. The molecule has 3 rings (SSSR count). The zero-order valence-corrected chi connectivity index (χ0v) is 14.8. The van der Waals surface area contributed by atoms with Gasteiger partial charge in [0.15, 0.2) is 9.84 Å². The average molecular weight is 377 g/mol. The van der Waals surface area contributed by atoms with Gasteiger partial charge in [-0.3, -0.25) is 4.72 Å². The highest BCUT2D eigenvalue weighted by Gasteiger charge is 2.17. The Balaban J connectivity index is 1.95. The van der Waals surface area contributed by atoms with Crippen LogP contribution in [0.15, 0.2) is 76.8 Å². The molecule has 0 aliphatic heterocycles. The lowest BCUT2D eigenvalue weighted by atomic mass is 10.3. The molecule has 9 heteroatoms. The molecule has 0 aliphatic rings. The molecule has 0 aliphatic carbocycles. The first-order chi connectivity index (χ1) is 11.8. The Morgan fingerprint density at radius 1 is 0.880 bits per heavy atom. The monoisotopic (exact) mass is 377 g/mol. The third kappa shape index (κ3) is 3.72. The van der Waals surface area contributed by atoms with Crippen molar-refractivity contribution in [2.45, 2.75) is 9.79 Å². The maximum atomic E-state index is 12.6. The van der Waals surface area contributed by atoms with Gasteiger partial charge in [-0.2, -0.15) is 5.10 Å². The van der Waals surface area contributed by atoms with Crippen LogP contribution in [-0.2, 0) is 19.9 Å². The van der Waals surface area contributed by atoms with E-state index < -0.39 is 19.9 Å². The first-order valence-electron chi connectivity index (χ1n) is 7.19. The Kier molecular flexibility index (Phi) is 4.36. The van der Waals surface area contributed by atoms with Crippen LogP contribution in [0.25, 0.3) is 5.69 Å². The summed E-state index contributed by atoms with van der Waals surface area (Å²) in [6.07, 6.45) is 4.36. The summed E-state index contributed by atoms with van der Waals surface area (Å²) in [5.74, 6) is 0. The number of nitrogens with zero attached hydrogens (tertiary/aromatic N) is 2. The number of sulfonamides is 1. The summed E-state index contributed by atoms with van der Waals surface area (Å²) in [7, 11) is -7.26. The maximum Gasteiger partial charge on any atom is 0.261 e. The van der Waals surface area contributed by atoms with Crippen molar-refractivity contribution in [2.24, 2.45) is 0 Å². The van der Waals surface area contributed by atoms with Gasteiger partial charge in [0.2, 0.25) is 0 Å². The predicted octanol–water partition coefficient (Wildman–Crippen LogP) is 2.08. The second kappa shape index (κ2) is 6.34. The largest absolute Gasteiger partial charge is 0.277 e. The number of benzene rings is 2. The lowest BCUT2D eigenvalue weighted by Gasteiger charge is -2.12. The molecule has 0 amide bonds. The van der Waals surface area contributed by atoms with Crippen LogP contribution in [0.5, 0.6) is 0 Å². The van der Waals surface area contributed by atoms with E-state index in [-0.39, 0.29) is 9.79 Å². The molecule has 2 aromatic carbocycles. The van der Waals surface area contributed by atoms with E-state index in [0.717, 1.165) is 6.26 Å². The second-order valence-corrected chi connectivity index (χ2v) is 9.01. The quantitative estimate of drug-likeness (QED) is 0.734. The Morgan fingerprint density at radius 2 is 1.52 bits per heavy atom. The fourth-order valence-electron chi connectivity index (χ4n) is 2.24. The summed E-state index contributed by atoms with van der Waals surface area (Å²) in [5.41, 5.74) is 0.933. The van der Waals surface area contributed by atoms with Crippen LogP contribution in [0.4, 0.5) is 5.69 Å².